The van der Waals surface area contributed by atoms with Crippen LogP contribution >= 0.6 is 0 Å². The highest BCUT2D eigenvalue weighted by atomic mass is 16.5. The SMILES string of the molecule is CC1CCCN(C(=O)NCC2(C)CCCO2)C1. The number of ether oxygens (including phenoxy) is 1. The molecule has 4 nitrogen and oxygen atoms in total. The number of rotatable bonds is 2. The van der Waals surface area contributed by atoms with E-state index in [2.05, 4.69) is 19.2 Å². The fraction of sp³-hybridized carbons (Fsp3) is 0.923. The topological polar surface area (TPSA) is 41.6 Å². The van der Waals surface area contributed by atoms with E-state index in [4.69, 9.17) is 4.74 Å². The van der Waals surface area contributed by atoms with Gasteiger partial charge in [-0.05, 0) is 38.5 Å². The van der Waals surface area contributed by atoms with E-state index in [0.717, 1.165) is 39.0 Å². The molecule has 2 saturated heterocycles. The van der Waals surface area contributed by atoms with Gasteiger partial charge < -0.3 is 15.0 Å². The highest BCUT2D eigenvalue weighted by Crippen LogP contribution is 2.24. The molecule has 0 aliphatic carbocycles. The van der Waals surface area contributed by atoms with Gasteiger partial charge in [0.1, 0.15) is 0 Å². The van der Waals surface area contributed by atoms with E-state index in [1.807, 2.05) is 4.90 Å². The van der Waals surface area contributed by atoms with Crippen LogP contribution in [0.2, 0.25) is 0 Å². The molecule has 0 aromatic rings. The summed E-state index contributed by atoms with van der Waals surface area (Å²) in [5, 5.41) is 3.02. The molecular weight excluding hydrogens is 216 g/mol. The molecule has 17 heavy (non-hydrogen) atoms. The van der Waals surface area contributed by atoms with Crippen molar-refractivity contribution < 1.29 is 9.53 Å². The molecule has 2 aliphatic rings. The summed E-state index contributed by atoms with van der Waals surface area (Å²) in [6.07, 6.45) is 4.52. The molecule has 2 aliphatic heterocycles. The number of carbonyl (C=O) groups is 1. The van der Waals surface area contributed by atoms with Crippen molar-refractivity contribution in [3.8, 4) is 0 Å². The zero-order chi connectivity index (χ0) is 12.3. The first-order valence-corrected chi connectivity index (χ1v) is 6.76. The van der Waals surface area contributed by atoms with Crippen LogP contribution in [0.15, 0.2) is 0 Å². The molecule has 2 heterocycles. The number of likely N-dealkylation sites (tertiary alicyclic amines) is 1. The Labute approximate surface area is 104 Å². The highest BCUT2D eigenvalue weighted by Gasteiger charge is 2.31. The maximum absolute atomic E-state index is 12.0. The van der Waals surface area contributed by atoms with Gasteiger partial charge >= 0.3 is 6.03 Å². The van der Waals surface area contributed by atoms with E-state index < -0.39 is 0 Å². The third kappa shape index (κ3) is 3.35. The normalized spacial score (nSPS) is 33.8. The third-order valence-corrected chi connectivity index (χ3v) is 3.86. The maximum atomic E-state index is 12.0. The first-order valence-electron chi connectivity index (χ1n) is 6.76. The van der Waals surface area contributed by atoms with E-state index >= 15 is 0 Å². The van der Waals surface area contributed by atoms with Crippen LogP contribution in [0, 0.1) is 5.92 Å². The van der Waals surface area contributed by atoms with Gasteiger partial charge in [-0.25, -0.2) is 4.79 Å². The molecule has 0 saturated carbocycles. The summed E-state index contributed by atoms with van der Waals surface area (Å²) in [6.45, 7) is 7.54. The van der Waals surface area contributed by atoms with Crippen LogP contribution in [0.3, 0.4) is 0 Å². The molecule has 2 amide bonds. The quantitative estimate of drug-likeness (QED) is 0.802. The lowest BCUT2D eigenvalue weighted by Crippen LogP contribution is -2.49. The highest BCUT2D eigenvalue weighted by molar-refractivity contribution is 5.74. The fourth-order valence-electron chi connectivity index (χ4n) is 2.72. The minimum Gasteiger partial charge on any atom is -0.373 e. The zero-order valence-corrected chi connectivity index (χ0v) is 11.0. The van der Waals surface area contributed by atoms with Crippen LogP contribution in [0.1, 0.15) is 39.5 Å². The maximum Gasteiger partial charge on any atom is 0.317 e. The number of urea groups is 1. The fourth-order valence-corrected chi connectivity index (χ4v) is 2.72. The van der Waals surface area contributed by atoms with Gasteiger partial charge in [0.2, 0.25) is 0 Å². The average molecular weight is 240 g/mol. The lowest BCUT2D eigenvalue weighted by Gasteiger charge is -2.32. The number of nitrogens with one attached hydrogen (secondary N) is 1. The smallest absolute Gasteiger partial charge is 0.317 e. The summed E-state index contributed by atoms with van der Waals surface area (Å²) in [4.78, 5) is 13.9. The Morgan fingerprint density at radius 1 is 1.53 bits per heavy atom. The minimum atomic E-state index is -0.142. The lowest BCUT2D eigenvalue weighted by molar-refractivity contribution is 0.0215. The Kier molecular flexibility index (Phi) is 3.92. The molecule has 0 radical (unpaired) electrons. The molecular formula is C13H24N2O2. The molecule has 0 aromatic heterocycles. The Balaban J connectivity index is 1.76. The van der Waals surface area contributed by atoms with E-state index in [1.54, 1.807) is 0 Å². The summed E-state index contributed by atoms with van der Waals surface area (Å²) in [5.41, 5.74) is -0.142. The number of carbonyl (C=O) groups excluding carboxylic acids is 1. The predicted octanol–water partition coefficient (Wildman–Crippen LogP) is 2.00. The summed E-state index contributed by atoms with van der Waals surface area (Å²) in [5.74, 6) is 0.632. The van der Waals surface area contributed by atoms with Gasteiger partial charge in [0, 0.05) is 26.2 Å². The number of piperidine rings is 1. The van der Waals surface area contributed by atoms with Crippen molar-refractivity contribution in [1.82, 2.24) is 10.2 Å². The van der Waals surface area contributed by atoms with Gasteiger partial charge in [-0.2, -0.15) is 0 Å². The summed E-state index contributed by atoms with van der Waals surface area (Å²) in [6, 6.07) is 0.0771. The summed E-state index contributed by atoms with van der Waals surface area (Å²) in [7, 11) is 0. The number of hydrogen-bond acceptors (Lipinski definition) is 2. The third-order valence-electron chi connectivity index (χ3n) is 3.86. The van der Waals surface area contributed by atoms with E-state index in [0.29, 0.717) is 12.5 Å². The van der Waals surface area contributed by atoms with Crippen molar-refractivity contribution in [2.75, 3.05) is 26.2 Å². The Morgan fingerprint density at radius 2 is 2.35 bits per heavy atom. The molecule has 0 spiro atoms. The first kappa shape index (κ1) is 12.7. The molecule has 2 atom stereocenters. The number of hydrogen-bond donors (Lipinski definition) is 1. The van der Waals surface area contributed by atoms with E-state index in [9.17, 15) is 4.79 Å². The van der Waals surface area contributed by atoms with Crippen molar-refractivity contribution >= 4 is 6.03 Å². The van der Waals surface area contributed by atoms with Gasteiger partial charge in [0.05, 0.1) is 5.60 Å². The molecule has 0 aromatic carbocycles. The van der Waals surface area contributed by atoms with Gasteiger partial charge in [-0.15, -0.1) is 0 Å². The Hall–Kier alpha value is -0.770. The zero-order valence-electron chi connectivity index (χ0n) is 11.0. The van der Waals surface area contributed by atoms with Crippen molar-refractivity contribution in [3.63, 3.8) is 0 Å². The van der Waals surface area contributed by atoms with Crippen LogP contribution in [0.25, 0.3) is 0 Å². The number of amides is 2. The van der Waals surface area contributed by atoms with Crippen LogP contribution < -0.4 is 5.32 Å². The molecule has 2 rings (SSSR count). The second kappa shape index (κ2) is 5.25. The average Bonchev–Trinajstić information content (AvgIpc) is 2.74. The molecule has 2 fully saturated rings. The Bertz CT molecular complexity index is 275. The predicted molar refractivity (Wildman–Crippen MR) is 67.0 cm³/mol. The van der Waals surface area contributed by atoms with Gasteiger partial charge in [0.15, 0.2) is 0 Å². The summed E-state index contributed by atoms with van der Waals surface area (Å²) < 4.78 is 5.67. The molecule has 1 N–H and O–H groups in total. The second-order valence-corrected chi connectivity index (χ2v) is 5.75. The standard InChI is InChI=1S/C13H24N2O2/c1-11-5-3-7-15(9-11)12(16)14-10-13(2)6-4-8-17-13/h11H,3-10H2,1-2H3,(H,14,16). The monoisotopic (exact) mass is 240 g/mol. The van der Waals surface area contributed by atoms with Gasteiger partial charge in [-0.3, -0.25) is 0 Å². The number of nitrogens with zero attached hydrogens (tertiary/aromatic N) is 1. The summed E-state index contributed by atoms with van der Waals surface area (Å²) >= 11 is 0. The molecule has 2 unspecified atom stereocenters. The van der Waals surface area contributed by atoms with Crippen LogP contribution in [0.5, 0.6) is 0 Å². The van der Waals surface area contributed by atoms with Gasteiger partial charge in [-0.1, -0.05) is 6.92 Å². The molecule has 4 heteroatoms. The molecule has 98 valence electrons. The lowest BCUT2D eigenvalue weighted by atomic mass is 10.0. The second-order valence-electron chi connectivity index (χ2n) is 5.75. The van der Waals surface area contributed by atoms with Gasteiger partial charge in [0.25, 0.3) is 0 Å². The van der Waals surface area contributed by atoms with E-state index in [1.165, 1.54) is 6.42 Å². The largest absolute Gasteiger partial charge is 0.373 e. The van der Waals surface area contributed by atoms with E-state index in [-0.39, 0.29) is 11.6 Å². The molecule has 0 bridgehead atoms. The minimum absolute atomic E-state index is 0.0771. The van der Waals surface area contributed by atoms with Crippen molar-refractivity contribution in [2.24, 2.45) is 5.92 Å². The van der Waals surface area contributed by atoms with Crippen LogP contribution in [0.4, 0.5) is 4.79 Å². The van der Waals surface area contributed by atoms with Crippen LogP contribution in [-0.4, -0.2) is 42.8 Å². The van der Waals surface area contributed by atoms with Crippen molar-refractivity contribution in [1.29, 1.82) is 0 Å². The Morgan fingerprint density at radius 3 is 3.00 bits per heavy atom. The first-order chi connectivity index (χ1) is 8.09. The van der Waals surface area contributed by atoms with Crippen LogP contribution in [-0.2, 0) is 4.74 Å². The van der Waals surface area contributed by atoms with Crippen molar-refractivity contribution in [3.05, 3.63) is 0 Å². The van der Waals surface area contributed by atoms with Crippen molar-refractivity contribution in [2.45, 2.75) is 45.1 Å².